The van der Waals surface area contributed by atoms with Crippen molar-refractivity contribution in [1.29, 1.82) is 0 Å². The lowest BCUT2D eigenvalue weighted by Crippen LogP contribution is -2.53. The molecule has 1 atom stereocenters. The van der Waals surface area contributed by atoms with E-state index in [1.54, 1.807) is 12.3 Å². The molecule has 1 amide bonds. The molecular weight excluding hydrogens is 266 g/mol. The van der Waals surface area contributed by atoms with E-state index in [1.807, 2.05) is 0 Å². The molecule has 0 radical (unpaired) electrons. The molecule has 1 saturated heterocycles. The number of hydrogen-bond donors (Lipinski definition) is 2. The molecule has 7 heteroatoms. The van der Waals surface area contributed by atoms with Gasteiger partial charge in [0.05, 0.1) is 12.1 Å². The number of carbonyl (C=O) groups is 2. The summed E-state index contributed by atoms with van der Waals surface area (Å²) in [5.41, 5.74) is 5.09. The fourth-order valence-electron chi connectivity index (χ4n) is 2.64. The second-order valence-electron chi connectivity index (χ2n) is 4.69. The number of rotatable bonds is 4. The van der Waals surface area contributed by atoms with Gasteiger partial charge in [-0.15, -0.1) is 11.3 Å². The van der Waals surface area contributed by atoms with Gasteiger partial charge in [0.15, 0.2) is 5.13 Å². The van der Waals surface area contributed by atoms with Crippen molar-refractivity contribution in [2.24, 2.45) is 0 Å². The molecule has 1 aromatic heterocycles. The molecule has 2 heterocycles. The van der Waals surface area contributed by atoms with Gasteiger partial charge in [0, 0.05) is 11.9 Å². The maximum atomic E-state index is 12.3. The molecule has 1 aliphatic rings. The van der Waals surface area contributed by atoms with Gasteiger partial charge >= 0.3 is 5.97 Å². The minimum absolute atomic E-state index is 0.114. The minimum Gasteiger partial charge on any atom is -0.479 e. The van der Waals surface area contributed by atoms with Crippen molar-refractivity contribution in [3.8, 4) is 0 Å². The highest BCUT2D eigenvalue weighted by atomic mass is 32.1. The van der Waals surface area contributed by atoms with Crippen LogP contribution >= 0.6 is 11.3 Å². The van der Waals surface area contributed by atoms with Crippen LogP contribution in [0.4, 0.5) is 5.13 Å². The van der Waals surface area contributed by atoms with Gasteiger partial charge in [0.1, 0.15) is 5.54 Å². The lowest BCUT2D eigenvalue weighted by molar-refractivity contribution is -0.156. The highest BCUT2D eigenvalue weighted by molar-refractivity contribution is 7.13. The number of carbonyl (C=O) groups excluding carboxylic acids is 1. The Morgan fingerprint density at radius 2 is 2.37 bits per heavy atom. The number of thiazole rings is 1. The van der Waals surface area contributed by atoms with Crippen molar-refractivity contribution in [3.63, 3.8) is 0 Å². The van der Waals surface area contributed by atoms with Gasteiger partial charge in [0.2, 0.25) is 5.91 Å². The van der Waals surface area contributed by atoms with Crippen molar-refractivity contribution in [2.75, 3.05) is 12.3 Å². The zero-order chi connectivity index (χ0) is 14.0. The second kappa shape index (κ2) is 5.16. The first-order valence-electron chi connectivity index (χ1n) is 6.23. The summed E-state index contributed by atoms with van der Waals surface area (Å²) in [6.07, 6.45) is 1.78. The van der Waals surface area contributed by atoms with E-state index in [-0.39, 0.29) is 12.3 Å². The lowest BCUT2D eigenvalue weighted by Gasteiger charge is -2.33. The van der Waals surface area contributed by atoms with E-state index in [0.717, 1.165) is 6.42 Å². The first kappa shape index (κ1) is 13.8. The molecule has 1 aromatic rings. The molecule has 1 fully saturated rings. The standard InChI is InChI=1S/C12H17N3O3S/c1-2-12(10(17)18)4-3-5-15(12)9(16)6-8-7-19-11(13)14-8/h7H,2-6H2,1H3,(H2,13,14)(H,17,18). The number of anilines is 1. The predicted octanol–water partition coefficient (Wildman–Crippen LogP) is 1.12. The number of amides is 1. The zero-order valence-electron chi connectivity index (χ0n) is 10.8. The van der Waals surface area contributed by atoms with E-state index < -0.39 is 11.5 Å². The van der Waals surface area contributed by atoms with E-state index >= 15 is 0 Å². The maximum absolute atomic E-state index is 12.3. The van der Waals surface area contributed by atoms with Crippen LogP contribution in [-0.4, -0.2) is 39.0 Å². The lowest BCUT2D eigenvalue weighted by atomic mass is 9.92. The van der Waals surface area contributed by atoms with Crippen LogP contribution in [0.25, 0.3) is 0 Å². The Labute approximate surface area is 115 Å². The summed E-state index contributed by atoms with van der Waals surface area (Å²) in [4.78, 5) is 29.3. The number of carboxylic acids is 1. The predicted molar refractivity (Wildman–Crippen MR) is 71.8 cm³/mol. The third kappa shape index (κ3) is 2.42. The molecule has 1 aliphatic heterocycles. The maximum Gasteiger partial charge on any atom is 0.329 e. The molecule has 0 aromatic carbocycles. The van der Waals surface area contributed by atoms with E-state index in [9.17, 15) is 14.7 Å². The molecule has 3 N–H and O–H groups in total. The minimum atomic E-state index is -1.04. The average molecular weight is 283 g/mol. The van der Waals surface area contributed by atoms with E-state index in [1.165, 1.54) is 16.2 Å². The molecule has 19 heavy (non-hydrogen) atoms. The first-order chi connectivity index (χ1) is 8.99. The largest absolute Gasteiger partial charge is 0.479 e. The number of hydrogen-bond acceptors (Lipinski definition) is 5. The van der Waals surface area contributed by atoms with Crippen LogP contribution in [0.15, 0.2) is 5.38 Å². The fraction of sp³-hybridized carbons (Fsp3) is 0.583. The smallest absolute Gasteiger partial charge is 0.329 e. The quantitative estimate of drug-likeness (QED) is 0.863. The number of carboxylic acid groups (broad SMARTS) is 1. The summed E-state index contributed by atoms with van der Waals surface area (Å²) in [7, 11) is 0. The number of nitrogens with two attached hydrogens (primary N) is 1. The fourth-order valence-corrected chi connectivity index (χ4v) is 3.20. The number of nitrogens with zero attached hydrogens (tertiary/aromatic N) is 2. The van der Waals surface area contributed by atoms with Crippen LogP contribution in [-0.2, 0) is 16.0 Å². The topological polar surface area (TPSA) is 96.5 Å². The molecule has 0 aliphatic carbocycles. The van der Waals surface area contributed by atoms with Gasteiger partial charge in [-0.05, 0) is 19.3 Å². The highest BCUT2D eigenvalue weighted by Gasteiger charge is 2.48. The van der Waals surface area contributed by atoms with E-state index in [4.69, 9.17) is 5.73 Å². The summed E-state index contributed by atoms with van der Waals surface area (Å²) in [6, 6.07) is 0. The van der Waals surface area contributed by atoms with Crippen molar-refractivity contribution >= 4 is 28.3 Å². The molecule has 104 valence electrons. The summed E-state index contributed by atoms with van der Waals surface area (Å²) in [5, 5.41) is 11.6. The van der Waals surface area contributed by atoms with Gasteiger partial charge in [-0.3, -0.25) is 4.79 Å². The number of aliphatic carboxylic acids is 1. The SMILES string of the molecule is CCC1(C(=O)O)CCCN1C(=O)Cc1csc(N)n1. The summed E-state index contributed by atoms with van der Waals surface area (Å²) in [5.74, 6) is -1.11. The van der Waals surface area contributed by atoms with Crippen LogP contribution in [0.1, 0.15) is 31.9 Å². The Balaban J connectivity index is 2.16. The normalized spacial score (nSPS) is 22.7. The van der Waals surface area contributed by atoms with Crippen molar-refractivity contribution in [1.82, 2.24) is 9.88 Å². The van der Waals surface area contributed by atoms with Crippen molar-refractivity contribution < 1.29 is 14.7 Å². The molecule has 0 bridgehead atoms. The Morgan fingerprint density at radius 1 is 1.63 bits per heavy atom. The summed E-state index contributed by atoms with van der Waals surface area (Å²) >= 11 is 1.28. The Morgan fingerprint density at radius 3 is 2.89 bits per heavy atom. The molecule has 0 spiro atoms. The van der Waals surface area contributed by atoms with Gasteiger partial charge in [-0.1, -0.05) is 6.92 Å². The zero-order valence-corrected chi connectivity index (χ0v) is 11.6. The number of likely N-dealkylation sites (tertiary alicyclic amines) is 1. The Bertz CT molecular complexity index is 502. The summed E-state index contributed by atoms with van der Waals surface area (Å²) < 4.78 is 0. The van der Waals surface area contributed by atoms with Gasteiger partial charge in [0.25, 0.3) is 0 Å². The van der Waals surface area contributed by atoms with Crippen LogP contribution in [0.2, 0.25) is 0 Å². The van der Waals surface area contributed by atoms with Gasteiger partial charge < -0.3 is 15.7 Å². The average Bonchev–Trinajstić information content (AvgIpc) is 2.95. The third-order valence-electron chi connectivity index (χ3n) is 3.67. The third-order valence-corrected chi connectivity index (χ3v) is 4.40. The van der Waals surface area contributed by atoms with E-state index in [2.05, 4.69) is 4.98 Å². The van der Waals surface area contributed by atoms with Crippen molar-refractivity contribution in [2.45, 2.75) is 38.1 Å². The van der Waals surface area contributed by atoms with Crippen LogP contribution in [0.5, 0.6) is 0 Å². The first-order valence-corrected chi connectivity index (χ1v) is 7.11. The Kier molecular flexibility index (Phi) is 3.75. The molecule has 6 nitrogen and oxygen atoms in total. The highest BCUT2D eigenvalue weighted by Crippen LogP contribution is 2.33. The monoisotopic (exact) mass is 283 g/mol. The van der Waals surface area contributed by atoms with Gasteiger partial charge in [-0.25, -0.2) is 9.78 Å². The van der Waals surface area contributed by atoms with Crippen LogP contribution in [0, 0.1) is 0 Å². The Hall–Kier alpha value is -1.63. The number of aromatic nitrogens is 1. The molecule has 1 unspecified atom stereocenters. The molecular formula is C12H17N3O3S. The molecule has 2 rings (SSSR count). The second-order valence-corrected chi connectivity index (χ2v) is 5.58. The summed E-state index contributed by atoms with van der Waals surface area (Å²) in [6.45, 7) is 2.30. The van der Waals surface area contributed by atoms with Crippen LogP contribution in [0.3, 0.4) is 0 Å². The van der Waals surface area contributed by atoms with Gasteiger partial charge in [-0.2, -0.15) is 0 Å². The molecule has 0 saturated carbocycles. The number of nitrogen functional groups attached to an aromatic ring is 1. The van der Waals surface area contributed by atoms with E-state index in [0.29, 0.717) is 30.2 Å². The van der Waals surface area contributed by atoms with Crippen LogP contribution < -0.4 is 5.73 Å². The van der Waals surface area contributed by atoms with Crippen molar-refractivity contribution in [3.05, 3.63) is 11.1 Å².